The molecule has 1 heterocycles. The van der Waals surface area contributed by atoms with Crippen molar-refractivity contribution in [2.24, 2.45) is 5.92 Å². The van der Waals surface area contributed by atoms with Crippen molar-refractivity contribution in [3.05, 3.63) is 28.8 Å². The Kier molecular flexibility index (Phi) is 3.49. The van der Waals surface area contributed by atoms with Gasteiger partial charge in [-0.05, 0) is 62.4 Å². The van der Waals surface area contributed by atoms with E-state index in [-0.39, 0.29) is 0 Å². The van der Waals surface area contributed by atoms with Gasteiger partial charge in [-0.25, -0.2) is 0 Å². The summed E-state index contributed by atoms with van der Waals surface area (Å²) in [5, 5.41) is 4.48. The fourth-order valence-corrected chi connectivity index (χ4v) is 3.04. The molecule has 1 saturated heterocycles. The summed E-state index contributed by atoms with van der Waals surface area (Å²) in [4.78, 5) is 2.50. The summed E-state index contributed by atoms with van der Waals surface area (Å²) in [7, 11) is 0. The van der Waals surface area contributed by atoms with Crippen LogP contribution in [0.2, 0.25) is 5.02 Å². The zero-order valence-corrected chi connectivity index (χ0v) is 11.7. The van der Waals surface area contributed by atoms with Gasteiger partial charge in [0.1, 0.15) is 0 Å². The second kappa shape index (κ2) is 5.10. The van der Waals surface area contributed by atoms with Crippen molar-refractivity contribution in [2.75, 3.05) is 24.5 Å². The lowest BCUT2D eigenvalue weighted by molar-refractivity contribution is 0.515. The number of hydrogen-bond donors (Lipinski definition) is 1. The Bertz CT molecular complexity index is 429. The molecular weight excluding hydrogens is 244 g/mol. The molecule has 0 radical (unpaired) electrons. The topological polar surface area (TPSA) is 15.3 Å². The Morgan fingerprint density at radius 2 is 2.17 bits per heavy atom. The molecule has 0 aromatic heterocycles. The SMILES string of the molecule is Cc1cc(Cl)ccc1N1CCC(CNC2CC2)C1. The summed E-state index contributed by atoms with van der Waals surface area (Å²) in [6.07, 6.45) is 4.07. The summed E-state index contributed by atoms with van der Waals surface area (Å²) in [6, 6.07) is 7.05. The Labute approximate surface area is 114 Å². The smallest absolute Gasteiger partial charge is 0.0410 e. The van der Waals surface area contributed by atoms with Crippen LogP contribution in [0.15, 0.2) is 18.2 Å². The van der Waals surface area contributed by atoms with E-state index >= 15 is 0 Å². The van der Waals surface area contributed by atoms with Gasteiger partial charge in [0.2, 0.25) is 0 Å². The van der Waals surface area contributed by atoms with E-state index in [0.29, 0.717) is 0 Å². The second-order valence-corrected chi connectivity index (χ2v) is 6.15. The van der Waals surface area contributed by atoms with Crippen LogP contribution in [0.3, 0.4) is 0 Å². The Hall–Kier alpha value is -0.730. The Balaban J connectivity index is 1.59. The number of halogens is 1. The fourth-order valence-electron chi connectivity index (χ4n) is 2.81. The van der Waals surface area contributed by atoms with Gasteiger partial charge in [-0.2, -0.15) is 0 Å². The van der Waals surface area contributed by atoms with Gasteiger partial charge in [0.25, 0.3) is 0 Å². The van der Waals surface area contributed by atoms with E-state index in [9.17, 15) is 0 Å². The molecule has 2 nitrogen and oxygen atoms in total. The molecule has 98 valence electrons. The maximum absolute atomic E-state index is 6.02. The monoisotopic (exact) mass is 264 g/mol. The van der Waals surface area contributed by atoms with Crippen LogP contribution in [0, 0.1) is 12.8 Å². The van der Waals surface area contributed by atoms with Gasteiger partial charge < -0.3 is 10.2 Å². The van der Waals surface area contributed by atoms with E-state index in [1.54, 1.807) is 0 Å². The summed E-state index contributed by atoms with van der Waals surface area (Å²) < 4.78 is 0. The van der Waals surface area contributed by atoms with Gasteiger partial charge in [0, 0.05) is 29.8 Å². The molecule has 0 amide bonds. The Morgan fingerprint density at radius 1 is 1.33 bits per heavy atom. The first kappa shape index (κ1) is 12.3. The maximum Gasteiger partial charge on any atom is 0.0410 e. The van der Waals surface area contributed by atoms with Crippen LogP contribution in [0.5, 0.6) is 0 Å². The van der Waals surface area contributed by atoms with Crippen LogP contribution < -0.4 is 10.2 Å². The van der Waals surface area contributed by atoms with Crippen LogP contribution in [-0.4, -0.2) is 25.7 Å². The minimum atomic E-state index is 0.806. The van der Waals surface area contributed by atoms with Crippen LogP contribution in [-0.2, 0) is 0 Å². The molecule has 1 N–H and O–H groups in total. The van der Waals surface area contributed by atoms with Crippen molar-refractivity contribution in [3.8, 4) is 0 Å². The molecule has 1 saturated carbocycles. The highest BCUT2D eigenvalue weighted by Gasteiger charge is 2.26. The largest absolute Gasteiger partial charge is 0.371 e. The predicted molar refractivity (Wildman–Crippen MR) is 77.5 cm³/mol. The molecule has 1 aromatic rings. The first-order valence-corrected chi connectivity index (χ1v) is 7.34. The molecule has 1 unspecified atom stereocenters. The number of benzene rings is 1. The third-order valence-corrected chi connectivity index (χ3v) is 4.29. The number of anilines is 1. The van der Waals surface area contributed by atoms with Crippen LogP contribution in [0.1, 0.15) is 24.8 Å². The number of nitrogens with zero attached hydrogens (tertiary/aromatic N) is 1. The lowest BCUT2D eigenvalue weighted by atomic mass is 10.1. The first-order valence-electron chi connectivity index (χ1n) is 6.97. The van der Waals surface area contributed by atoms with E-state index in [2.05, 4.69) is 29.3 Å². The molecule has 1 aliphatic heterocycles. The second-order valence-electron chi connectivity index (χ2n) is 5.71. The molecule has 18 heavy (non-hydrogen) atoms. The third kappa shape index (κ3) is 2.81. The Morgan fingerprint density at radius 3 is 2.89 bits per heavy atom. The van der Waals surface area contributed by atoms with Gasteiger partial charge >= 0.3 is 0 Å². The molecule has 3 heteroatoms. The first-order chi connectivity index (χ1) is 8.72. The average molecular weight is 265 g/mol. The molecule has 2 aliphatic rings. The van der Waals surface area contributed by atoms with Gasteiger partial charge in [-0.1, -0.05) is 11.6 Å². The van der Waals surface area contributed by atoms with E-state index in [1.165, 1.54) is 50.1 Å². The number of aryl methyl sites for hydroxylation is 1. The quantitative estimate of drug-likeness (QED) is 0.898. The van der Waals surface area contributed by atoms with Crippen molar-refractivity contribution < 1.29 is 0 Å². The van der Waals surface area contributed by atoms with E-state index in [0.717, 1.165) is 17.0 Å². The lowest BCUT2D eigenvalue weighted by Crippen LogP contribution is -2.27. The van der Waals surface area contributed by atoms with Gasteiger partial charge in [0.15, 0.2) is 0 Å². The van der Waals surface area contributed by atoms with Crippen molar-refractivity contribution in [3.63, 3.8) is 0 Å². The van der Waals surface area contributed by atoms with Crippen LogP contribution in [0.25, 0.3) is 0 Å². The highest BCUT2D eigenvalue weighted by molar-refractivity contribution is 6.30. The number of nitrogens with one attached hydrogen (secondary N) is 1. The molecule has 0 bridgehead atoms. The highest BCUT2D eigenvalue weighted by Crippen LogP contribution is 2.29. The van der Waals surface area contributed by atoms with Crippen LogP contribution in [0.4, 0.5) is 5.69 Å². The summed E-state index contributed by atoms with van der Waals surface area (Å²) in [5.41, 5.74) is 2.65. The molecule has 3 rings (SSSR count). The van der Waals surface area contributed by atoms with E-state index < -0.39 is 0 Å². The lowest BCUT2D eigenvalue weighted by Gasteiger charge is -2.21. The maximum atomic E-state index is 6.02. The van der Waals surface area contributed by atoms with Gasteiger partial charge in [0.05, 0.1) is 0 Å². The normalized spacial score (nSPS) is 23.7. The average Bonchev–Trinajstić information content (AvgIpc) is 3.05. The fraction of sp³-hybridized carbons (Fsp3) is 0.600. The van der Waals surface area contributed by atoms with Crippen molar-refractivity contribution >= 4 is 17.3 Å². The number of hydrogen-bond acceptors (Lipinski definition) is 2. The van der Waals surface area contributed by atoms with E-state index in [4.69, 9.17) is 11.6 Å². The standard InChI is InChI=1S/C15H21ClN2/c1-11-8-13(16)2-5-15(11)18-7-6-12(10-18)9-17-14-3-4-14/h2,5,8,12,14,17H,3-4,6-7,9-10H2,1H3. The molecular formula is C15H21ClN2. The molecule has 1 aliphatic carbocycles. The zero-order chi connectivity index (χ0) is 12.5. The minimum Gasteiger partial charge on any atom is -0.371 e. The summed E-state index contributed by atoms with van der Waals surface area (Å²) in [6.45, 7) is 5.70. The van der Waals surface area contributed by atoms with Crippen LogP contribution >= 0.6 is 11.6 Å². The van der Waals surface area contributed by atoms with Crippen molar-refractivity contribution in [2.45, 2.75) is 32.2 Å². The predicted octanol–water partition coefficient (Wildman–Crippen LogP) is 3.23. The highest BCUT2D eigenvalue weighted by atomic mass is 35.5. The molecule has 2 fully saturated rings. The molecule has 1 aromatic carbocycles. The van der Waals surface area contributed by atoms with Crippen molar-refractivity contribution in [1.29, 1.82) is 0 Å². The number of rotatable bonds is 4. The van der Waals surface area contributed by atoms with E-state index in [1.807, 2.05) is 6.07 Å². The molecule has 0 spiro atoms. The zero-order valence-electron chi connectivity index (χ0n) is 11.0. The van der Waals surface area contributed by atoms with Gasteiger partial charge in [-0.15, -0.1) is 0 Å². The molecule has 1 atom stereocenters. The van der Waals surface area contributed by atoms with Gasteiger partial charge in [-0.3, -0.25) is 0 Å². The summed E-state index contributed by atoms with van der Waals surface area (Å²) >= 11 is 6.02. The summed E-state index contributed by atoms with van der Waals surface area (Å²) in [5.74, 6) is 0.806. The third-order valence-electron chi connectivity index (χ3n) is 4.06. The van der Waals surface area contributed by atoms with Crippen molar-refractivity contribution in [1.82, 2.24) is 5.32 Å². The minimum absolute atomic E-state index is 0.806.